The second kappa shape index (κ2) is 8.21. The Hall–Kier alpha value is -2.22. The molecule has 144 valence electrons. The Morgan fingerprint density at radius 3 is 2.67 bits per heavy atom. The van der Waals surface area contributed by atoms with Crippen LogP contribution in [0.3, 0.4) is 0 Å². The molecular formula is C20H25N3O3S. The molecule has 0 aliphatic carbocycles. The van der Waals surface area contributed by atoms with Gasteiger partial charge in [0.2, 0.25) is 10.0 Å². The SMILES string of the molecule is Cc1ccc(S(=O)(=O)NCc2ccccc2)cc1C(=O)N1CCNCC1C. The van der Waals surface area contributed by atoms with Gasteiger partial charge in [0, 0.05) is 37.8 Å². The van der Waals surface area contributed by atoms with E-state index in [0.717, 1.165) is 24.2 Å². The molecule has 1 unspecified atom stereocenters. The number of carbonyl (C=O) groups is 1. The molecule has 0 radical (unpaired) electrons. The van der Waals surface area contributed by atoms with E-state index in [-0.39, 0.29) is 23.4 Å². The first-order chi connectivity index (χ1) is 12.9. The van der Waals surface area contributed by atoms with Crippen LogP contribution >= 0.6 is 0 Å². The highest BCUT2D eigenvalue weighted by Crippen LogP contribution is 2.19. The van der Waals surface area contributed by atoms with Gasteiger partial charge < -0.3 is 10.2 Å². The summed E-state index contributed by atoms with van der Waals surface area (Å²) in [5.41, 5.74) is 2.08. The summed E-state index contributed by atoms with van der Waals surface area (Å²) in [5, 5.41) is 3.25. The smallest absolute Gasteiger partial charge is 0.254 e. The van der Waals surface area contributed by atoms with Crippen LogP contribution in [0, 0.1) is 6.92 Å². The summed E-state index contributed by atoms with van der Waals surface area (Å²) in [6.07, 6.45) is 0. The maximum absolute atomic E-state index is 13.0. The Kier molecular flexibility index (Phi) is 5.94. The zero-order valence-corrected chi connectivity index (χ0v) is 16.4. The molecule has 0 aromatic heterocycles. The molecule has 1 atom stereocenters. The van der Waals surface area contributed by atoms with Gasteiger partial charge in [-0.2, -0.15) is 0 Å². The van der Waals surface area contributed by atoms with Gasteiger partial charge in [-0.05, 0) is 37.1 Å². The molecule has 3 rings (SSSR count). The molecule has 2 aromatic carbocycles. The summed E-state index contributed by atoms with van der Waals surface area (Å²) in [7, 11) is -3.71. The maximum atomic E-state index is 13.0. The molecule has 1 aliphatic rings. The molecule has 0 saturated carbocycles. The summed E-state index contributed by atoms with van der Waals surface area (Å²) in [4.78, 5) is 14.9. The second-order valence-corrected chi connectivity index (χ2v) is 8.61. The van der Waals surface area contributed by atoms with Crippen LogP contribution in [-0.4, -0.2) is 44.9 Å². The van der Waals surface area contributed by atoms with Crippen LogP contribution in [0.5, 0.6) is 0 Å². The molecule has 1 saturated heterocycles. The molecule has 2 N–H and O–H groups in total. The lowest BCUT2D eigenvalue weighted by Gasteiger charge is -2.34. The minimum atomic E-state index is -3.71. The van der Waals surface area contributed by atoms with Gasteiger partial charge in [-0.25, -0.2) is 13.1 Å². The Labute approximate surface area is 160 Å². The van der Waals surface area contributed by atoms with Gasteiger partial charge in [-0.1, -0.05) is 36.4 Å². The quantitative estimate of drug-likeness (QED) is 0.822. The third-order valence-electron chi connectivity index (χ3n) is 4.82. The van der Waals surface area contributed by atoms with Crippen molar-refractivity contribution in [3.63, 3.8) is 0 Å². The average Bonchev–Trinajstić information content (AvgIpc) is 2.67. The number of hydrogen-bond acceptors (Lipinski definition) is 4. The summed E-state index contributed by atoms with van der Waals surface area (Å²) >= 11 is 0. The molecule has 0 spiro atoms. The first-order valence-corrected chi connectivity index (χ1v) is 10.5. The number of sulfonamides is 1. The molecular weight excluding hydrogens is 362 g/mol. The largest absolute Gasteiger partial charge is 0.333 e. The Balaban J connectivity index is 1.82. The first-order valence-electron chi connectivity index (χ1n) is 9.04. The maximum Gasteiger partial charge on any atom is 0.254 e. The van der Waals surface area contributed by atoms with Crippen molar-refractivity contribution in [1.82, 2.24) is 14.9 Å². The van der Waals surface area contributed by atoms with Crippen LogP contribution in [-0.2, 0) is 16.6 Å². The average molecular weight is 388 g/mol. The van der Waals surface area contributed by atoms with Crippen molar-refractivity contribution in [2.45, 2.75) is 31.3 Å². The molecule has 0 bridgehead atoms. The Bertz CT molecular complexity index is 913. The van der Waals surface area contributed by atoms with Crippen molar-refractivity contribution < 1.29 is 13.2 Å². The third kappa shape index (κ3) is 4.55. The lowest BCUT2D eigenvalue weighted by Crippen LogP contribution is -2.52. The lowest BCUT2D eigenvalue weighted by molar-refractivity contribution is 0.0654. The van der Waals surface area contributed by atoms with E-state index in [4.69, 9.17) is 0 Å². The predicted molar refractivity (Wildman–Crippen MR) is 105 cm³/mol. The van der Waals surface area contributed by atoms with Crippen molar-refractivity contribution in [3.8, 4) is 0 Å². The monoisotopic (exact) mass is 387 g/mol. The van der Waals surface area contributed by atoms with Crippen molar-refractivity contribution in [1.29, 1.82) is 0 Å². The molecule has 1 amide bonds. The van der Waals surface area contributed by atoms with Gasteiger partial charge in [0.25, 0.3) is 5.91 Å². The van der Waals surface area contributed by atoms with Crippen LogP contribution in [0.25, 0.3) is 0 Å². The molecule has 6 nitrogen and oxygen atoms in total. The molecule has 7 heteroatoms. The third-order valence-corrected chi connectivity index (χ3v) is 6.22. The summed E-state index contributed by atoms with van der Waals surface area (Å²) in [6, 6.07) is 14.1. The second-order valence-electron chi connectivity index (χ2n) is 6.84. The molecule has 1 heterocycles. The van der Waals surface area contributed by atoms with Crippen LogP contribution in [0.1, 0.15) is 28.4 Å². The van der Waals surface area contributed by atoms with Crippen molar-refractivity contribution in [2.75, 3.05) is 19.6 Å². The van der Waals surface area contributed by atoms with Crippen LogP contribution in [0.15, 0.2) is 53.4 Å². The number of aryl methyl sites for hydroxylation is 1. The minimum absolute atomic E-state index is 0.0714. The fourth-order valence-corrected chi connectivity index (χ4v) is 4.20. The number of benzene rings is 2. The predicted octanol–water partition coefficient (Wildman–Crippen LogP) is 1.91. The fraction of sp³-hybridized carbons (Fsp3) is 0.350. The van der Waals surface area contributed by atoms with E-state index in [2.05, 4.69) is 10.0 Å². The van der Waals surface area contributed by atoms with Gasteiger partial charge in [0.1, 0.15) is 0 Å². The van der Waals surface area contributed by atoms with E-state index < -0.39 is 10.0 Å². The van der Waals surface area contributed by atoms with Gasteiger partial charge in [0.05, 0.1) is 4.90 Å². The standard InChI is InChI=1S/C20H25N3O3S/c1-15-8-9-18(27(25,26)22-14-17-6-4-3-5-7-17)12-19(15)20(24)23-11-10-21-13-16(23)2/h3-9,12,16,21-22H,10-11,13-14H2,1-2H3. The van der Waals surface area contributed by atoms with E-state index >= 15 is 0 Å². The van der Waals surface area contributed by atoms with E-state index in [1.54, 1.807) is 17.0 Å². The Morgan fingerprint density at radius 2 is 1.96 bits per heavy atom. The normalized spacial score (nSPS) is 17.7. The van der Waals surface area contributed by atoms with E-state index in [9.17, 15) is 13.2 Å². The van der Waals surface area contributed by atoms with Crippen molar-refractivity contribution in [2.24, 2.45) is 0 Å². The fourth-order valence-electron chi connectivity index (χ4n) is 3.15. The van der Waals surface area contributed by atoms with Crippen molar-refractivity contribution in [3.05, 3.63) is 65.2 Å². The van der Waals surface area contributed by atoms with E-state index in [1.807, 2.05) is 44.2 Å². The molecule has 2 aromatic rings. The van der Waals surface area contributed by atoms with E-state index in [0.29, 0.717) is 12.1 Å². The molecule has 27 heavy (non-hydrogen) atoms. The number of nitrogens with zero attached hydrogens (tertiary/aromatic N) is 1. The molecule has 1 fully saturated rings. The number of nitrogens with one attached hydrogen (secondary N) is 2. The van der Waals surface area contributed by atoms with Gasteiger partial charge in [-0.15, -0.1) is 0 Å². The minimum Gasteiger partial charge on any atom is -0.333 e. The van der Waals surface area contributed by atoms with Gasteiger partial charge >= 0.3 is 0 Å². The highest BCUT2D eigenvalue weighted by molar-refractivity contribution is 7.89. The topological polar surface area (TPSA) is 78.5 Å². The van der Waals surface area contributed by atoms with Crippen LogP contribution in [0.4, 0.5) is 0 Å². The summed E-state index contributed by atoms with van der Waals surface area (Å²) < 4.78 is 28.0. The molecule has 1 aliphatic heterocycles. The zero-order valence-electron chi connectivity index (χ0n) is 15.6. The lowest BCUT2D eigenvalue weighted by atomic mass is 10.1. The zero-order chi connectivity index (χ0) is 19.4. The first kappa shape index (κ1) is 19.5. The highest BCUT2D eigenvalue weighted by Gasteiger charge is 2.26. The van der Waals surface area contributed by atoms with Crippen LogP contribution < -0.4 is 10.0 Å². The number of rotatable bonds is 5. The van der Waals surface area contributed by atoms with E-state index in [1.165, 1.54) is 6.07 Å². The summed E-state index contributed by atoms with van der Waals surface area (Å²) in [5.74, 6) is -0.124. The Morgan fingerprint density at radius 1 is 1.22 bits per heavy atom. The van der Waals surface area contributed by atoms with Crippen molar-refractivity contribution >= 4 is 15.9 Å². The number of carbonyl (C=O) groups excluding carboxylic acids is 1. The van der Waals surface area contributed by atoms with Gasteiger partial charge in [0.15, 0.2) is 0 Å². The summed E-state index contributed by atoms with van der Waals surface area (Å²) in [6.45, 7) is 6.11. The number of hydrogen-bond donors (Lipinski definition) is 2. The number of amides is 1. The van der Waals surface area contributed by atoms with Gasteiger partial charge in [-0.3, -0.25) is 4.79 Å². The highest BCUT2D eigenvalue weighted by atomic mass is 32.2. The number of piperazine rings is 1. The van der Waals surface area contributed by atoms with Crippen LogP contribution in [0.2, 0.25) is 0 Å².